The molecule has 0 saturated carbocycles. The summed E-state index contributed by atoms with van der Waals surface area (Å²) in [5, 5.41) is 6.54. The van der Waals surface area contributed by atoms with Crippen LogP contribution in [0.3, 0.4) is 0 Å². The van der Waals surface area contributed by atoms with Crippen molar-refractivity contribution in [2.24, 2.45) is 0 Å². The summed E-state index contributed by atoms with van der Waals surface area (Å²) < 4.78 is 4.75. The minimum atomic E-state index is -0.897. The summed E-state index contributed by atoms with van der Waals surface area (Å²) in [5.41, 5.74) is 16.1. The first kappa shape index (κ1) is 36.8. The van der Waals surface area contributed by atoms with Crippen molar-refractivity contribution in [2.75, 3.05) is 0 Å². The average molecular weight is 814 g/mol. The van der Waals surface area contributed by atoms with Crippen LogP contribution in [0.25, 0.3) is 77.9 Å². The molecule has 0 amide bonds. The highest BCUT2D eigenvalue weighted by molar-refractivity contribution is 7.79. The van der Waals surface area contributed by atoms with Gasteiger partial charge in [0.15, 0.2) is 0 Å². The molecule has 0 N–H and O–H groups in total. The minimum Gasteiger partial charge on any atom is -0.309 e. The molecule has 296 valence electrons. The number of nitrogens with zero attached hydrogens (tertiary/aromatic N) is 3. The van der Waals surface area contributed by atoms with E-state index in [9.17, 15) is 0 Å². The van der Waals surface area contributed by atoms with E-state index < -0.39 is 7.92 Å². The molecule has 2 aliphatic rings. The Balaban J connectivity index is 0.965. The van der Waals surface area contributed by atoms with Crippen LogP contribution in [-0.4, -0.2) is 14.1 Å². The molecule has 0 saturated heterocycles. The van der Waals surface area contributed by atoms with E-state index in [2.05, 4.69) is 229 Å². The van der Waals surface area contributed by atoms with Crippen LogP contribution in [0.15, 0.2) is 206 Å². The molecule has 2 heterocycles. The van der Waals surface area contributed by atoms with E-state index in [0.29, 0.717) is 0 Å². The third-order valence-electron chi connectivity index (χ3n) is 13.2. The van der Waals surface area contributed by atoms with Gasteiger partial charge in [0.05, 0.1) is 22.1 Å². The smallest absolute Gasteiger partial charge is 0.145 e. The third-order valence-corrected chi connectivity index (χ3v) is 15.6. The molecule has 3 nitrogen and oxygen atoms in total. The van der Waals surface area contributed by atoms with Crippen molar-refractivity contribution >= 4 is 62.4 Å². The van der Waals surface area contributed by atoms with E-state index in [1.807, 2.05) is 0 Å². The third kappa shape index (κ3) is 5.87. The Morgan fingerprint density at radius 1 is 0.500 bits per heavy atom. The number of fused-ring (bicyclic) bond motifs is 7. The fraction of sp³-hybridized carbons (Fsp3) is 0.0862. The first-order chi connectivity index (χ1) is 30.5. The van der Waals surface area contributed by atoms with Gasteiger partial charge in [0.25, 0.3) is 0 Å². The van der Waals surface area contributed by atoms with Crippen molar-refractivity contribution in [1.29, 1.82) is 0 Å². The molecule has 10 aromatic rings. The molecular weight excluding hydrogens is 770 g/mol. The van der Waals surface area contributed by atoms with Crippen LogP contribution in [0, 0.1) is 0 Å². The summed E-state index contributed by atoms with van der Waals surface area (Å²) in [5.74, 6) is 0.994. The Bertz CT molecular complexity index is 3420. The monoisotopic (exact) mass is 813 g/mol. The van der Waals surface area contributed by atoms with Crippen molar-refractivity contribution in [3.05, 3.63) is 217 Å². The van der Waals surface area contributed by atoms with Gasteiger partial charge in [-0.2, -0.15) is 0 Å². The van der Waals surface area contributed by atoms with Gasteiger partial charge < -0.3 is 4.57 Å². The SMILES string of the molecule is CC1(C)c2ccccc2-c2ccc(P(c3ccc(-c4ccc5c(c4)c4ccccc4n5-c4ccccc4)cc3)c3ccc(-c4nc5ccccc5n4C4=CC=CCC4)cc3)cc21. The molecule has 4 heteroatoms. The number of rotatable bonds is 7. The number of benzene rings is 8. The van der Waals surface area contributed by atoms with Crippen LogP contribution in [0.1, 0.15) is 37.8 Å². The van der Waals surface area contributed by atoms with Gasteiger partial charge >= 0.3 is 0 Å². The maximum Gasteiger partial charge on any atom is 0.145 e. The molecule has 0 bridgehead atoms. The molecule has 2 aromatic heterocycles. The number of para-hydroxylation sites is 4. The Hall–Kier alpha value is -7.06. The second-order valence-electron chi connectivity index (χ2n) is 17.1. The number of allylic oxidation sites excluding steroid dienone is 4. The van der Waals surface area contributed by atoms with Crippen LogP contribution in [0.2, 0.25) is 0 Å². The number of imidazole rings is 1. The number of hydrogen-bond acceptors (Lipinski definition) is 1. The number of hydrogen-bond donors (Lipinski definition) is 0. The lowest BCUT2D eigenvalue weighted by Crippen LogP contribution is -2.23. The van der Waals surface area contributed by atoms with Gasteiger partial charge in [0.1, 0.15) is 5.82 Å². The zero-order valence-corrected chi connectivity index (χ0v) is 35.7. The predicted octanol–water partition coefficient (Wildman–Crippen LogP) is 13.7. The standard InChI is InChI=1S/C58H44N3P/c1-58(2)51-21-11-9-19-47(51)48-35-34-46(38-52(48)58)62(45-32-27-40(28-33-45)57-59-53-22-12-14-24-56(53)61(57)43-17-7-4-8-18-43)44-30-25-39(26-31-44)41-29-36-55-50(37-41)49-20-10-13-23-54(49)60(55)42-15-5-3-6-16-42/h3-7,9-17,19-38H,8,18H2,1-2H3. The van der Waals surface area contributed by atoms with E-state index in [1.54, 1.807) is 0 Å². The van der Waals surface area contributed by atoms with Crippen LogP contribution in [-0.2, 0) is 5.41 Å². The minimum absolute atomic E-state index is 0.0823. The van der Waals surface area contributed by atoms with Crippen LogP contribution in [0.4, 0.5) is 0 Å². The van der Waals surface area contributed by atoms with Crippen molar-refractivity contribution < 1.29 is 0 Å². The lowest BCUT2D eigenvalue weighted by Gasteiger charge is -2.25. The lowest BCUT2D eigenvalue weighted by atomic mass is 9.82. The van der Waals surface area contributed by atoms with Crippen molar-refractivity contribution in [3.8, 4) is 39.3 Å². The Kier molecular flexibility index (Phi) is 8.63. The molecule has 2 aliphatic carbocycles. The normalized spacial score (nSPS) is 14.6. The highest BCUT2D eigenvalue weighted by Gasteiger charge is 2.36. The predicted molar refractivity (Wildman–Crippen MR) is 264 cm³/mol. The van der Waals surface area contributed by atoms with Gasteiger partial charge in [-0.3, -0.25) is 4.57 Å². The van der Waals surface area contributed by atoms with Crippen molar-refractivity contribution in [2.45, 2.75) is 32.1 Å². The molecule has 0 radical (unpaired) electrons. The van der Waals surface area contributed by atoms with Gasteiger partial charge in [-0.15, -0.1) is 0 Å². The van der Waals surface area contributed by atoms with Gasteiger partial charge in [0, 0.05) is 33.1 Å². The highest BCUT2D eigenvalue weighted by Crippen LogP contribution is 2.49. The maximum absolute atomic E-state index is 5.22. The summed E-state index contributed by atoms with van der Waals surface area (Å²) in [7, 11) is -0.897. The van der Waals surface area contributed by atoms with E-state index in [0.717, 1.165) is 35.3 Å². The van der Waals surface area contributed by atoms with Crippen LogP contribution < -0.4 is 15.9 Å². The van der Waals surface area contributed by atoms with Gasteiger partial charge in [-0.05, 0) is 125 Å². The van der Waals surface area contributed by atoms with E-state index in [-0.39, 0.29) is 5.41 Å². The van der Waals surface area contributed by atoms with Crippen molar-refractivity contribution in [1.82, 2.24) is 14.1 Å². The highest BCUT2D eigenvalue weighted by atomic mass is 31.1. The summed E-state index contributed by atoms with van der Waals surface area (Å²) in [6.45, 7) is 4.76. The van der Waals surface area contributed by atoms with Gasteiger partial charge in [-0.25, -0.2) is 4.98 Å². The van der Waals surface area contributed by atoms with E-state index in [4.69, 9.17) is 4.98 Å². The maximum atomic E-state index is 5.22. The van der Waals surface area contributed by atoms with Gasteiger partial charge in [0.2, 0.25) is 0 Å². The number of aromatic nitrogens is 3. The summed E-state index contributed by atoms with van der Waals surface area (Å²) in [6, 6.07) is 69.9. The zero-order chi connectivity index (χ0) is 41.4. The molecule has 0 spiro atoms. The van der Waals surface area contributed by atoms with Crippen LogP contribution >= 0.6 is 7.92 Å². The Labute approximate surface area is 363 Å². The largest absolute Gasteiger partial charge is 0.309 e. The topological polar surface area (TPSA) is 22.8 Å². The summed E-state index contributed by atoms with van der Waals surface area (Å²) in [4.78, 5) is 5.22. The van der Waals surface area contributed by atoms with E-state index in [1.165, 1.54) is 82.5 Å². The second-order valence-corrected chi connectivity index (χ2v) is 19.4. The molecule has 12 rings (SSSR count). The molecule has 8 aromatic carbocycles. The first-order valence-corrected chi connectivity index (χ1v) is 23.0. The van der Waals surface area contributed by atoms with Gasteiger partial charge in [-0.1, -0.05) is 166 Å². The summed E-state index contributed by atoms with van der Waals surface area (Å²) in [6.07, 6.45) is 8.70. The molecule has 0 fully saturated rings. The zero-order valence-electron chi connectivity index (χ0n) is 34.8. The molecule has 62 heavy (non-hydrogen) atoms. The molecular formula is C58H44N3P. The Morgan fingerprint density at radius 2 is 1.15 bits per heavy atom. The second kappa shape index (κ2) is 14.5. The Morgan fingerprint density at radius 3 is 1.94 bits per heavy atom. The fourth-order valence-corrected chi connectivity index (χ4v) is 12.4. The van der Waals surface area contributed by atoms with Crippen LogP contribution in [0.5, 0.6) is 0 Å². The fourth-order valence-electron chi connectivity index (χ4n) is 10.1. The van der Waals surface area contributed by atoms with E-state index >= 15 is 0 Å². The average Bonchev–Trinajstić information content (AvgIpc) is 3.96. The molecule has 1 unspecified atom stereocenters. The molecule has 1 atom stereocenters. The lowest BCUT2D eigenvalue weighted by molar-refractivity contribution is 0.661. The van der Waals surface area contributed by atoms with Crippen molar-refractivity contribution in [3.63, 3.8) is 0 Å². The molecule has 0 aliphatic heterocycles. The first-order valence-electron chi connectivity index (χ1n) is 21.7. The summed E-state index contributed by atoms with van der Waals surface area (Å²) >= 11 is 0. The quantitative estimate of drug-likeness (QED) is 0.147.